The first kappa shape index (κ1) is 23.3. The minimum atomic E-state index is -0.470. The van der Waals surface area contributed by atoms with Crippen LogP contribution in [0.15, 0.2) is 18.3 Å². The number of halogens is 2. The zero-order valence-electron chi connectivity index (χ0n) is 15.7. The molecule has 1 saturated carbocycles. The maximum Gasteiger partial charge on any atom is 0.242 e. The fraction of sp³-hybridized carbons (Fsp3) is 0.556. The monoisotopic (exact) mass is 414 g/mol. The summed E-state index contributed by atoms with van der Waals surface area (Å²) >= 11 is 0. The van der Waals surface area contributed by atoms with Gasteiger partial charge in [-0.15, -0.1) is 35.0 Å². The van der Waals surface area contributed by atoms with Gasteiger partial charge < -0.3 is 11.1 Å². The second-order valence-corrected chi connectivity index (χ2v) is 6.80. The van der Waals surface area contributed by atoms with Crippen LogP contribution in [0, 0.1) is 19.8 Å². The first-order valence-electron chi connectivity index (χ1n) is 8.98. The highest BCUT2D eigenvalue weighted by Crippen LogP contribution is 2.25. The van der Waals surface area contributed by atoms with Crippen molar-refractivity contribution in [2.24, 2.45) is 11.7 Å². The summed E-state index contributed by atoms with van der Waals surface area (Å²) in [5, 5.41) is 10.9. The van der Waals surface area contributed by atoms with Crippen LogP contribution < -0.4 is 11.1 Å². The lowest BCUT2D eigenvalue weighted by Crippen LogP contribution is -2.42. The van der Waals surface area contributed by atoms with E-state index in [1.165, 1.54) is 12.8 Å². The fourth-order valence-corrected chi connectivity index (χ4v) is 3.53. The number of amides is 1. The first-order valence-corrected chi connectivity index (χ1v) is 8.98. The average molecular weight is 415 g/mol. The molecule has 2 aromatic heterocycles. The molecule has 1 aliphatic rings. The summed E-state index contributed by atoms with van der Waals surface area (Å²) in [7, 11) is 0. The highest BCUT2D eigenvalue weighted by Gasteiger charge is 2.25. The van der Waals surface area contributed by atoms with Crippen molar-refractivity contribution in [3.8, 4) is 5.69 Å². The van der Waals surface area contributed by atoms with Crippen molar-refractivity contribution in [2.75, 3.05) is 5.32 Å². The normalized spacial score (nSPS) is 15.8. The van der Waals surface area contributed by atoms with Crippen LogP contribution in [-0.4, -0.2) is 31.7 Å². The van der Waals surface area contributed by atoms with Gasteiger partial charge >= 0.3 is 0 Å². The Labute approximate surface area is 172 Å². The number of aromatic nitrogens is 4. The summed E-state index contributed by atoms with van der Waals surface area (Å²) in [6.45, 7) is 3.78. The van der Waals surface area contributed by atoms with E-state index in [9.17, 15) is 4.79 Å². The predicted octanol–water partition coefficient (Wildman–Crippen LogP) is 3.36. The second kappa shape index (κ2) is 10.6. The molecule has 0 bridgehead atoms. The highest BCUT2D eigenvalue weighted by molar-refractivity contribution is 5.94. The van der Waals surface area contributed by atoms with Gasteiger partial charge in [-0.05, 0) is 44.7 Å². The standard InChI is InChI=1S/C18H26N6O.2ClH/c1-12-22-23-13(2)24(12)15-9-10-16(20-11-15)21-18(25)17(19)14-7-5-3-4-6-8-14;;/h9-11,14,17H,3-8,19H2,1-2H3,(H,20,21,25);2*1H/t17-;;/m0../s1. The number of hydrogen-bond acceptors (Lipinski definition) is 5. The molecule has 0 spiro atoms. The number of nitrogens with two attached hydrogens (primary N) is 1. The van der Waals surface area contributed by atoms with E-state index >= 15 is 0 Å². The zero-order valence-corrected chi connectivity index (χ0v) is 17.4. The van der Waals surface area contributed by atoms with Crippen molar-refractivity contribution in [3.05, 3.63) is 30.0 Å². The van der Waals surface area contributed by atoms with Gasteiger partial charge in [0.25, 0.3) is 0 Å². The molecule has 9 heteroatoms. The molecule has 1 aliphatic carbocycles. The molecular formula is C18H28Cl2N6O. The van der Waals surface area contributed by atoms with Crippen LogP contribution in [0.2, 0.25) is 0 Å². The molecule has 1 amide bonds. The third-order valence-electron chi connectivity index (χ3n) is 4.95. The van der Waals surface area contributed by atoms with Crippen molar-refractivity contribution in [1.29, 1.82) is 0 Å². The van der Waals surface area contributed by atoms with E-state index in [1.54, 1.807) is 12.3 Å². The predicted molar refractivity (Wildman–Crippen MR) is 111 cm³/mol. The number of carbonyl (C=O) groups is 1. The topological polar surface area (TPSA) is 98.7 Å². The van der Waals surface area contributed by atoms with Gasteiger partial charge in [0.2, 0.25) is 5.91 Å². The molecular weight excluding hydrogens is 387 g/mol. The Balaban J connectivity index is 0.00000182. The Hall–Kier alpha value is -1.70. The SMILES string of the molecule is Cc1nnc(C)n1-c1ccc(NC(=O)[C@@H](N)C2CCCCCC2)nc1.Cl.Cl. The van der Waals surface area contributed by atoms with E-state index in [4.69, 9.17) is 5.73 Å². The third kappa shape index (κ3) is 5.64. The Morgan fingerprint density at radius 1 is 1.11 bits per heavy atom. The number of nitrogens with zero attached hydrogens (tertiary/aromatic N) is 4. The summed E-state index contributed by atoms with van der Waals surface area (Å²) in [5.74, 6) is 2.23. The van der Waals surface area contributed by atoms with Gasteiger partial charge in [0.05, 0.1) is 17.9 Å². The summed E-state index contributed by atoms with van der Waals surface area (Å²) in [6.07, 6.45) is 8.59. The van der Waals surface area contributed by atoms with Crippen LogP contribution in [0.4, 0.5) is 5.82 Å². The minimum absolute atomic E-state index is 0. The molecule has 27 heavy (non-hydrogen) atoms. The molecule has 0 saturated heterocycles. The molecule has 3 N–H and O–H groups in total. The van der Waals surface area contributed by atoms with Gasteiger partial charge in [-0.1, -0.05) is 25.7 Å². The Morgan fingerprint density at radius 2 is 1.70 bits per heavy atom. The van der Waals surface area contributed by atoms with E-state index in [-0.39, 0.29) is 36.6 Å². The maximum atomic E-state index is 12.4. The van der Waals surface area contributed by atoms with Gasteiger partial charge in [0.1, 0.15) is 17.5 Å². The van der Waals surface area contributed by atoms with Crippen LogP contribution in [-0.2, 0) is 4.79 Å². The maximum absolute atomic E-state index is 12.4. The molecule has 1 fully saturated rings. The molecule has 0 unspecified atom stereocenters. The quantitative estimate of drug-likeness (QED) is 0.747. The summed E-state index contributed by atoms with van der Waals surface area (Å²) in [5.41, 5.74) is 7.06. The largest absolute Gasteiger partial charge is 0.320 e. The average Bonchev–Trinajstić information content (AvgIpc) is 2.82. The molecule has 150 valence electrons. The molecule has 3 rings (SSSR count). The molecule has 1 atom stereocenters. The van der Waals surface area contributed by atoms with Crippen LogP contribution in [0.1, 0.15) is 50.2 Å². The van der Waals surface area contributed by atoms with Crippen molar-refractivity contribution in [1.82, 2.24) is 19.7 Å². The number of carbonyl (C=O) groups excluding carboxylic acids is 1. The van der Waals surface area contributed by atoms with E-state index in [0.717, 1.165) is 43.0 Å². The number of nitrogens with one attached hydrogen (secondary N) is 1. The molecule has 0 radical (unpaired) electrons. The summed E-state index contributed by atoms with van der Waals surface area (Å²) < 4.78 is 1.91. The van der Waals surface area contributed by atoms with Gasteiger partial charge in [-0.2, -0.15) is 0 Å². The van der Waals surface area contributed by atoms with E-state index in [1.807, 2.05) is 24.5 Å². The Morgan fingerprint density at radius 3 is 2.22 bits per heavy atom. The molecule has 0 aromatic carbocycles. The molecule has 2 heterocycles. The highest BCUT2D eigenvalue weighted by atomic mass is 35.5. The first-order chi connectivity index (χ1) is 12.1. The van der Waals surface area contributed by atoms with Gasteiger partial charge in [-0.25, -0.2) is 4.98 Å². The van der Waals surface area contributed by atoms with E-state index in [2.05, 4.69) is 20.5 Å². The van der Waals surface area contributed by atoms with Crippen LogP contribution in [0.3, 0.4) is 0 Å². The van der Waals surface area contributed by atoms with Crippen molar-refractivity contribution in [3.63, 3.8) is 0 Å². The van der Waals surface area contributed by atoms with Gasteiger partial charge in [0.15, 0.2) is 0 Å². The minimum Gasteiger partial charge on any atom is -0.320 e. The number of hydrogen-bond donors (Lipinski definition) is 2. The van der Waals surface area contributed by atoms with Crippen molar-refractivity contribution in [2.45, 2.75) is 58.4 Å². The van der Waals surface area contributed by atoms with Crippen LogP contribution in [0.25, 0.3) is 5.69 Å². The lowest BCUT2D eigenvalue weighted by Gasteiger charge is -2.21. The third-order valence-corrected chi connectivity index (χ3v) is 4.95. The summed E-state index contributed by atoms with van der Waals surface area (Å²) in [6, 6.07) is 3.21. The lowest BCUT2D eigenvalue weighted by atomic mass is 9.92. The van der Waals surface area contributed by atoms with Crippen LogP contribution in [0.5, 0.6) is 0 Å². The number of aryl methyl sites for hydroxylation is 2. The molecule has 2 aromatic rings. The number of rotatable bonds is 4. The smallest absolute Gasteiger partial charge is 0.242 e. The molecule has 0 aliphatic heterocycles. The zero-order chi connectivity index (χ0) is 17.8. The van der Waals surface area contributed by atoms with E-state index in [0.29, 0.717) is 5.82 Å². The molecule has 7 nitrogen and oxygen atoms in total. The van der Waals surface area contributed by atoms with Crippen LogP contribution >= 0.6 is 24.8 Å². The van der Waals surface area contributed by atoms with Gasteiger partial charge in [-0.3, -0.25) is 9.36 Å². The van der Waals surface area contributed by atoms with Crippen molar-refractivity contribution < 1.29 is 4.79 Å². The Bertz CT molecular complexity index is 706. The van der Waals surface area contributed by atoms with Crippen molar-refractivity contribution >= 4 is 36.5 Å². The Kier molecular flexibility index (Phi) is 9.15. The van der Waals surface area contributed by atoms with E-state index < -0.39 is 6.04 Å². The number of pyridine rings is 1. The lowest BCUT2D eigenvalue weighted by molar-refractivity contribution is -0.118. The van der Waals surface area contributed by atoms with Gasteiger partial charge in [0, 0.05) is 0 Å². The fourth-order valence-electron chi connectivity index (χ4n) is 3.53. The second-order valence-electron chi connectivity index (χ2n) is 6.80. The summed E-state index contributed by atoms with van der Waals surface area (Å²) in [4.78, 5) is 16.8. The number of anilines is 1.